The SMILES string of the molecule is CC1CCC(NS(=O)(=O)CC(=O)Nc2ccccc2F)CC1. The maximum Gasteiger partial charge on any atom is 0.241 e. The second kappa shape index (κ2) is 7.19. The van der Waals surface area contributed by atoms with Crippen molar-refractivity contribution in [1.29, 1.82) is 0 Å². The third-order valence-corrected chi connectivity index (χ3v) is 5.17. The van der Waals surface area contributed by atoms with Crippen LogP contribution in [0.4, 0.5) is 10.1 Å². The number of carbonyl (C=O) groups is 1. The van der Waals surface area contributed by atoms with Crippen LogP contribution >= 0.6 is 0 Å². The molecule has 1 amide bonds. The van der Waals surface area contributed by atoms with Crippen molar-refractivity contribution in [3.8, 4) is 0 Å². The van der Waals surface area contributed by atoms with Crippen molar-refractivity contribution in [2.45, 2.75) is 38.6 Å². The molecule has 1 aromatic carbocycles. The van der Waals surface area contributed by atoms with Crippen LogP contribution in [0.1, 0.15) is 32.6 Å². The van der Waals surface area contributed by atoms with E-state index in [2.05, 4.69) is 17.0 Å². The van der Waals surface area contributed by atoms with E-state index in [0.717, 1.165) is 25.7 Å². The van der Waals surface area contributed by atoms with Crippen LogP contribution in [0, 0.1) is 11.7 Å². The van der Waals surface area contributed by atoms with Gasteiger partial charge in [0, 0.05) is 6.04 Å². The van der Waals surface area contributed by atoms with Gasteiger partial charge in [0.2, 0.25) is 15.9 Å². The first-order valence-corrected chi connectivity index (χ1v) is 9.05. The zero-order valence-corrected chi connectivity index (χ0v) is 13.3. The first-order chi connectivity index (χ1) is 10.4. The van der Waals surface area contributed by atoms with Crippen LogP contribution in [-0.2, 0) is 14.8 Å². The Hall–Kier alpha value is -1.47. The zero-order chi connectivity index (χ0) is 16.2. The molecule has 0 radical (unpaired) electrons. The molecule has 0 aromatic heterocycles. The number of amides is 1. The first-order valence-electron chi connectivity index (χ1n) is 7.40. The third kappa shape index (κ3) is 5.06. The number of sulfonamides is 1. The van der Waals surface area contributed by atoms with Gasteiger partial charge in [-0.05, 0) is 43.7 Å². The van der Waals surface area contributed by atoms with E-state index < -0.39 is 27.5 Å². The summed E-state index contributed by atoms with van der Waals surface area (Å²) in [6.45, 7) is 2.15. The van der Waals surface area contributed by atoms with Crippen LogP contribution in [0.5, 0.6) is 0 Å². The number of halogens is 1. The van der Waals surface area contributed by atoms with Gasteiger partial charge in [0.05, 0.1) is 5.69 Å². The summed E-state index contributed by atoms with van der Waals surface area (Å²) in [6.07, 6.45) is 3.54. The van der Waals surface area contributed by atoms with Gasteiger partial charge in [-0.3, -0.25) is 4.79 Å². The van der Waals surface area contributed by atoms with Crippen molar-refractivity contribution in [3.63, 3.8) is 0 Å². The minimum atomic E-state index is -3.72. The van der Waals surface area contributed by atoms with Gasteiger partial charge < -0.3 is 5.32 Å². The molecule has 0 atom stereocenters. The molecule has 1 aliphatic carbocycles. The second-order valence-corrected chi connectivity index (χ2v) is 7.62. The summed E-state index contributed by atoms with van der Waals surface area (Å²) in [4.78, 5) is 11.8. The fourth-order valence-electron chi connectivity index (χ4n) is 2.59. The fourth-order valence-corrected chi connectivity index (χ4v) is 3.84. The number of anilines is 1. The van der Waals surface area contributed by atoms with Gasteiger partial charge >= 0.3 is 0 Å². The Balaban J connectivity index is 1.88. The topological polar surface area (TPSA) is 75.3 Å². The molecule has 0 heterocycles. The molecule has 0 spiro atoms. The van der Waals surface area contributed by atoms with Crippen LogP contribution in [-0.4, -0.2) is 26.1 Å². The number of hydrogen-bond donors (Lipinski definition) is 2. The predicted octanol–water partition coefficient (Wildman–Crippen LogP) is 2.26. The number of rotatable bonds is 5. The predicted molar refractivity (Wildman–Crippen MR) is 83.4 cm³/mol. The summed E-state index contributed by atoms with van der Waals surface area (Å²) in [5.74, 6) is -1.43. The molecular weight excluding hydrogens is 307 g/mol. The summed E-state index contributed by atoms with van der Waals surface area (Å²) in [6, 6.07) is 5.53. The molecule has 1 aliphatic rings. The zero-order valence-electron chi connectivity index (χ0n) is 12.5. The molecule has 7 heteroatoms. The smallest absolute Gasteiger partial charge is 0.241 e. The van der Waals surface area contributed by atoms with E-state index in [4.69, 9.17) is 0 Å². The standard InChI is InChI=1S/C15H21FN2O3S/c1-11-6-8-12(9-7-11)18-22(20,21)10-15(19)17-14-5-3-2-4-13(14)16/h2-5,11-12,18H,6-10H2,1H3,(H,17,19). The van der Waals surface area contributed by atoms with Crippen LogP contribution < -0.4 is 10.0 Å². The second-order valence-electron chi connectivity index (χ2n) is 5.86. The van der Waals surface area contributed by atoms with E-state index in [9.17, 15) is 17.6 Å². The number of nitrogens with one attached hydrogen (secondary N) is 2. The number of benzene rings is 1. The van der Waals surface area contributed by atoms with E-state index in [1.54, 1.807) is 6.07 Å². The van der Waals surface area contributed by atoms with Gasteiger partial charge in [-0.25, -0.2) is 17.5 Å². The Bertz CT molecular complexity index is 625. The van der Waals surface area contributed by atoms with Gasteiger partial charge in [-0.15, -0.1) is 0 Å². The monoisotopic (exact) mass is 328 g/mol. The van der Waals surface area contributed by atoms with Crippen molar-refractivity contribution in [2.75, 3.05) is 11.1 Å². The molecular formula is C15H21FN2O3S. The average molecular weight is 328 g/mol. The van der Waals surface area contributed by atoms with Crippen molar-refractivity contribution < 1.29 is 17.6 Å². The quantitative estimate of drug-likeness (QED) is 0.870. The summed E-state index contributed by atoms with van der Waals surface area (Å²) in [7, 11) is -3.72. The van der Waals surface area contributed by atoms with Crippen molar-refractivity contribution in [3.05, 3.63) is 30.1 Å². The molecule has 0 aliphatic heterocycles. The Morgan fingerprint density at radius 1 is 1.23 bits per heavy atom. The normalized spacial score (nSPS) is 22.3. The van der Waals surface area contributed by atoms with Crippen LogP contribution in [0.15, 0.2) is 24.3 Å². The van der Waals surface area contributed by atoms with Crippen LogP contribution in [0.3, 0.4) is 0 Å². The summed E-state index contributed by atoms with van der Waals surface area (Å²) in [5, 5.41) is 2.28. The third-order valence-electron chi connectivity index (χ3n) is 3.83. The maximum absolute atomic E-state index is 13.4. The largest absolute Gasteiger partial charge is 0.323 e. The maximum atomic E-state index is 13.4. The van der Waals surface area contributed by atoms with E-state index in [1.807, 2.05) is 0 Å². The highest BCUT2D eigenvalue weighted by atomic mass is 32.2. The Kier molecular flexibility index (Phi) is 5.52. The van der Waals surface area contributed by atoms with Gasteiger partial charge in [0.1, 0.15) is 11.6 Å². The summed E-state index contributed by atoms with van der Waals surface area (Å²) < 4.78 is 40.0. The first kappa shape index (κ1) is 16.9. The lowest BCUT2D eigenvalue weighted by Crippen LogP contribution is -2.41. The molecule has 122 valence electrons. The number of carbonyl (C=O) groups excluding carboxylic acids is 1. The Labute approximate surface area is 130 Å². The molecule has 22 heavy (non-hydrogen) atoms. The van der Waals surface area contributed by atoms with E-state index in [1.165, 1.54) is 18.2 Å². The molecule has 5 nitrogen and oxygen atoms in total. The molecule has 0 bridgehead atoms. The summed E-state index contributed by atoms with van der Waals surface area (Å²) >= 11 is 0. The van der Waals surface area contributed by atoms with Crippen molar-refractivity contribution >= 4 is 21.6 Å². The minimum absolute atomic E-state index is 0.0193. The highest BCUT2D eigenvalue weighted by Gasteiger charge is 2.24. The Morgan fingerprint density at radius 3 is 2.50 bits per heavy atom. The van der Waals surface area contributed by atoms with E-state index >= 15 is 0 Å². The van der Waals surface area contributed by atoms with Gasteiger partial charge in [-0.2, -0.15) is 0 Å². The molecule has 1 aromatic rings. The average Bonchev–Trinajstić information content (AvgIpc) is 2.43. The van der Waals surface area contributed by atoms with Gasteiger partial charge in [0.15, 0.2) is 0 Å². The van der Waals surface area contributed by atoms with Gasteiger partial charge in [-0.1, -0.05) is 19.1 Å². The molecule has 1 saturated carbocycles. The molecule has 0 saturated heterocycles. The van der Waals surface area contributed by atoms with Crippen LogP contribution in [0.2, 0.25) is 0 Å². The molecule has 2 N–H and O–H groups in total. The lowest BCUT2D eigenvalue weighted by Gasteiger charge is -2.26. The fraction of sp³-hybridized carbons (Fsp3) is 0.533. The van der Waals surface area contributed by atoms with Gasteiger partial charge in [0.25, 0.3) is 0 Å². The van der Waals surface area contributed by atoms with Crippen molar-refractivity contribution in [1.82, 2.24) is 4.72 Å². The lowest BCUT2D eigenvalue weighted by molar-refractivity contribution is -0.113. The van der Waals surface area contributed by atoms with E-state index in [-0.39, 0.29) is 11.7 Å². The lowest BCUT2D eigenvalue weighted by atomic mass is 9.88. The van der Waals surface area contributed by atoms with Crippen LogP contribution in [0.25, 0.3) is 0 Å². The Morgan fingerprint density at radius 2 is 1.86 bits per heavy atom. The molecule has 0 unspecified atom stereocenters. The van der Waals surface area contributed by atoms with Crippen molar-refractivity contribution in [2.24, 2.45) is 5.92 Å². The number of hydrogen-bond acceptors (Lipinski definition) is 3. The molecule has 1 fully saturated rings. The highest BCUT2D eigenvalue weighted by molar-refractivity contribution is 7.90. The summed E-state index contributed by atoms with van der Waals surface area (Å²) in [5.41, 5.74) is -0.0193. The minimum Gasteiger partial charge on any atom is -0.323 e. The van der Waals surface area contributed by atoms with E-state index in [0.29, 0.717) is 5.92 Å². The molecule has 2 rings (SSSR count). The number of para-hydroxylation sites is 1. The highest BCUT2D eigenvalue weighted by Crippen LogP contribution is 2.23.